The van der Waals surface area contributed by atoms with E-state index in [0.717, 1.165) is 11.3 Å². The van der Waals surface area contributed by atoms with E-state index in [-0.39, 0.29) is 5.78 Å². The van der Waals surface area contributed by atoms with Crippen molar-refractivity contribution in [2.24, 2.45) is 0 Å². The number of rotatable bonds is 5. The van der Waals surface area contributed by atoms with Crippen molar-refractivity contribution in [3.05, 3.63) is 83.6 Å². The molecule has 120 valence electrons. The minimum atomic E-state index is -0.129. The number of ketones is 1. The quantitative estimate of drug-likeness (QED) is 0.526. The van der Waals surface area contributed by atoms with E-state index >= 15 is 0 Å². The largest absolute Gasteiger partial charge is 0.480 e. The Morgan fingerprint density at radius 3 is 2.29 bits per heavy atom. The second-order valence-corrected chi connectivity index (χ2v) is 5.33. The average molecular weight is 318 g/mol. The van der Waals surface area contributed by atoms with Crippen molar-refractivity contribution in [2.45, 2.75) is 6.92 Å². The molecule has 0 saturated heterocycles. The van der Waals surface area contributed by atoms with E-state index in [1.165, 1.54) is 0 Å². The molecular formula is C20H18N2O2. The van der Waals surface area contributed by atoms with E-state index in [1.807, 2.05) is 67.6 Å². The smallest absolute Gasteiger partial charge is 0.228 e. The van der Waals surface area contributed by atoms with Gasteiger partial charge in [0.05, 0.1) is 18.5 Å². The average Bonchev–Trinajstić information content (AvgIpc) is 2.97. The molecule has 0 amide bonds. The highest BCUT2D eigenvalue weighted by Crippen LogP contribution is 2.26. The highest BCUT2D eigenvalue weighted by molar-refractivity contribution is 6.09. The summed E-state index contributed by atoms with van der Waals surface area (Å²) in [6.07, 6.45) is 3.35. The number of para-hydroxylation sites is 1. The normalized spacial score (nSPS) is 10.9. The Morgan fingerprint density at radius 2 is 1.67 bits per heavy atom. The van der Waals surface area contributed by atoms with Gasteiger partial charge in [0.15, 0.2) is 5.78 Å². The second kappa shape index (κ2) is 6.96. The predicted octanol–water partition coefficient (Wildman–Crippen LogP) is 4.09. The van der Waals surface area contributed by atoms with Gasteiger partial charge in [-0.25, -0.2) is 4.68 Å². The summed E-state index contributed by atoms with van der Waals surface area (Å²) < 4.78 is 7.12. The van der Waals surface area contributed by atoms with Gasteiger partial charge in [0.1, 0.15) is 5.56 Å². The first kappa shape index (κ1) is 15.7. The number of benzene rings is 2. The molecule has 0 aliphatic rings. The highest BCUT2D eigenvalue weighted by atomic mass is 16.5. The monoisotopic (exact) mass is 318 g/mol. The minimum Gasteiger partial charge on any atom is -0.480 e. The molecule has 4 nitrogen and oxygen atoms in total. The van der Waals surface area contributed by atoms with Crippen molar-refractivity contribution in [1.29, 1.82) is 0 Å². The second-order valence-electron chi connectivity index (χ2n) is 5.33. The van der Waals surface area contributed by atoms with Crippen LogP contribution in [0.3, 0.4) is 0 Å². The molecule has 0 unspecified atom stereocenters. The highest BCUT2D eigenvalue weighted by Gasteiger charge is 2.21. The fraction of sp³-hybridized carbons (Fsp3) is 0.100. The molecular weight excluding hydrogens is 300 g/mol. The molecule has 0 radical (unpaired) electrons. The van der Waals surface area contributed by atoms with E-state index in [1.54, 1.807) is 23.9 Å². The maximum Gasteiger partial charge on any atom is 0.228 e. The first-order valence-electron chi connectivity index (χ1n) is 7.67. The van der Waals surface area contributed by atoms with E-state index < -0.39 is 0 Å². The molecule has 0 N–H and O–H groups in total. The molecule has 0 spiro atoms. The third kappa shape index (κ3) is 3.13. The van der Waals surface area contributed by atoms with Crippen LogP contribution < -0.4 is 4.74 Å². The van der Waals surface area contributed by atoms with E-state index in [2.05, 4.69) is 5.10 Å². The molecule has 0 saturated carbocycles. The lowest BCUT2D eigenvalue weighted by Crippen LogP contribution is -2.02. The molecule has 0 aliphatic heterocycles. The number of methoxy groups -OCH3 is 1. The Kier molecular flexibility index (Phi) is 4.57. The number of hydrogen-bond donors (Lipinski definition) is 0. The number of carbonyl (C=O) groups is 1. The van der Waals surface area contributed by atoms with Crippen LogP contribution in [0.4, 0.5) is 0 Å². The van der Waals surface area contributed by atoms with E-state index in [9.17, 15) is 4.79 Å². The number of aromatic nitrogens is 2. The molecule has 0 fully saturated rings. The summed E-state index contributed by atoms with van der Waals surface area (Å²) in [4.78, 5) is 12.6. The molecule has 3 rings (SSSR count). The Labute approximate surface area is 141 Å². The van der Waals surface area contributed by atoms with Crippen LogP contribution in [0, 0.1) is 6.92 Å². The van der Waals surface area contributed by atoms with Crippen LogP contribution in [-0.2, 0) is 0 Å². The molecule has 0 atom stereocenters. The van der Waals surface area contributed by atoms with Crippen LogP contribution in [0.15, 0.2) is 66.7 Å². The van der Waals surface area contributed by atoms with Gasteiger partial charge in [-0.05, 0) is 30.7 Å². The molecule has 1 heterocycles. The summed E-state index contributed by atoms with van der Waals surface area (Å²) in [5, 5.41) is 4.46. The number of ether oxygens (including phenoxy) is 1. The molecule has 2 aromatic carbocycles. The third-order valence-corrected chi connectivity index (χ3v) is 3.69. The van der Waals surface area contributed by atoms with Gasteiger partial charge in [-0.15, -0.1) is 0 Å². The number of aryl methyl sites for hydroxylation is 1. The summed E-state index contributed by atoms with van der Waals surface area (Å²) in [5.41, 5.74) is 2.94. The first-order valence-corrected chi connectivity index (χ1v) is 7.67. The molecule has 0 bridgehead atoms. The number of nitrogens with zero attached hydrogens (tertiary/aromatic N) is 2. The number of hydrogen-bond acceptors (Lipinski definition) is 3. The maximum atomic E-state index is 12.6. The fourth-order valence-electron chi connectivity index (χ4n) is 2.54. The Bertz CT molecular complexity index is 865. The third-order valence-electron chi connectivity index (χ3n) is 3.69. The van der Waals surface area contributed by atoms with Gasteiger partial charge in [0.25, 0.3) is 0 Å². The molecule has 4 heteroatoms. The van der Waals surface area contributed by atoms with Crippen LogP contribution in [0.1, 0.15) is 21.6 Å². The van der Waals surface area contributed by atoms with Crippen LogP contribution in [0.2, 0.25) is 0 Å². The molecule has 24 heavy (non-hydrogen) atoms. The summed E-state index contributed by atoms with van der Waals surface area (Å²) in [6, 6.07) is 19.3. The van der Waals surface area contributed by atoms with Gasteiger partial charge in [-0.3, -0.25) is 4.79 Å². The predicted molar refractivity (Wildman–Crippen MR) is 94.7 cm³/mol. The number of allylic oxidation sites excluding steroid dienone is 1. The molecule has 3 aromatic rings. The van der Waals surface area contributed by atoms with Gasteiger partial charge in [0.2, 0.25) is 5.88 Å². The van der Waals surface area contributed by atoms with Gasteiger partial charge < -0.3 is 4.74 Å². The minimum absolute atomic E-state index is 0.129. The Hall–Kier alpha value is -3.14. The van der Waals surface area contributed by atoms with Crippen molar-refractivity contribution in [2.75, 3.05) is 7.11 Å². The lowest BCUT2D eigenvalue weighted by molar-refractivity contribution is 0.104. The zero-order valence-electron chi connectivity index (χ0n) is 13.6. The van der Waals surface area contributed by atoms with Crippen molar-refractivity contribution >= 4 is 11.9 Å². The summed E-state index contributed by atoms with van der Waals surface area (Å²) >= 11 is 0. The standard InChI is InChI=1S/C20H18N2O2/c1-15-19(18(23)14-13-16-9-5-3-6-10-16)20(24-2)22(21-15)17-11-7-4-8-12-17/h3-14H,1-2H3/b14-13+. The Morgan fingerprint density at radius 1 is 1.04 bits per heavy atom. The molecule has 0 aliphatic carbocycles. The van der Waals surface area contributed by atoms with Crippen LogP contribution in [0.5, 0.6) is 5.88 Å². The molecule has 1 aromatic heterocycles. The lowest BCUT2D eigenvalue weighted by atomic mass is 10.1. The first-order chi connectivity index (χ1) is 11.7. The van der Waals surface area contributed by atoms with Gasteiger partial charge >= 0.3 is 0 Å². The lowest BCUT2D eigenvalue weighted by Gasteiger charge is -2.06. The van der Waals surface area contributed by atoms with Gasteiger partial charge in [-0.1, -0.05) is 54.6 Å². The van der Waals surface area contributed by atoms with Crippen LogP contribution in [0.25, 0.3) is 11.8 Å². The van der Waals surface area contributed by atoms with Gasteiger partial charge in [-0.2, -0.15) is 5.10 Å². The maximum absolute atomic E-state index is 12.6. The topological polar surface area (TPSA) is 44.1 Å². The fourth-order valence-corrected chi connectivity index (χ4v) is 2.54. The Balaban J connectivity index is 1.97. The van der Waals surface area contributed by atoms with Crippen LogP contribution >= 0.6 is 0 Å². The summed E-state index contributed by atoms with van der Waals surface area (Å²) in [6.45, 7) is 1.81. The van der Waals surface area contributed by atoms with Crippen molar-refractivity contribution in [1.82, 2.24) is 9.78 Å². The zero-order chi connectivity index (χ0) is 16.9. The van der Waals surface area contributed by atoms with Gasteiger partial charge in [0, 0.05) is 0 Å². The van der Waals surface area contributed by atoms with Crippen molar-refractivity contribution in [3.63, 3.8) is 0 Å². The number of carbonyl (C=O) groups excluding carboxylic acids is 1. The SMILES string of the molecule is COc1c(C(=O)/C=C/c2ccccc2)c(C)nn1-c1ccccc1. The van der Waals surface area contributed by atoms with E-state index in [0.29, 0.717) is 17.1 Å². The van der Waals surface area contributed by atoms with E-state index in [4.69, 9.17) is 4.74 Å². The summed E-state index contributed by atoms with van der Waals surface area (Å²) in [7, 11) is 1.55. The van der Waals surface area contributed by atoms with Crippen molar-refractivity contribution < 1.29 is 9.53 Å². The van der Waals surface area contributed by atoms with Crippen LogP contribution in [-0.4, -0.2) is 22.7 Å². The zero-order valence-corrected chi connectivity index (χ0v) is 13.6. The summed E-state index contributed by atoms with van der Waals surface area (Å²) in [5.74, 6) is 0.316. The van der Waals surface area contributed by atoms with Crippen molar-refractivity contribution in [3.8, 4) is 11.6 Å².